The third kappa shape index (κ3) is 6.75. The Morgan fingerprint density at radius 2 is 1.61 bits per heavy atom. The Hall–Kier alpha value is -4.21. The van der Waals surface area contributed by atoms with Gasteiger partial charge in [0.15, 0.2) is 0 Å². The molecule has 0 bridgehead atoms. The molecule has 3 N–H and O–H groups in total. The largest absolute Gasteiger partial charge is 0.480 e. The molecule has 3 aromatic carbocycles. The average molecular weight is 558 g/mol. The van der Waals surface area contributed by atoms with Crippen molar-refractivity contribution >= 4 is 18.0 Å². The van der Waals surface area contributed by atoms with Crippen LogP contribution in [0, 0.1) is 5.92 Å². The summed E-state index contributed by atoms with van der Waals surface area (Å²) in [7, 11) is 1.81. The number of likely N-dealkylation sites (N-methyl/N-ethyl adjacent to an activating group) is 1. The third-order valence-corrected chi connectivity index (χ3v) is 7.73. The number of carbonyl (C=O) groups excluding carboxylic acids is 2. The predicted molar refractivity (Wildman–Crippen MR) is 153 cm³/mol. The monoisotopic (exact) mass is 557 g/mol. The minimum atomic E-state index is -1.12. The summed E-state index contributed by atoms with van der Waals surface area (Å²) in [6, 6.07) is 24.9. The maximum absolute atomic E-state index is 13.0. The van der Waals surface area contributed by atoms with Gasteiger partial charge in [-0.3, -0.25) is 9.69 Å². The van der Waals surface area contributed by atoms with Gasteiger partial charge in [0, 0.05) is 38.1 Å². The van der Waals surface area contributed by atoms with E-state index in [0.717, 1.165) is 27.8 Å². The zero-order valence-electron chi connectivity index (χ0n) is 23.0. The lowest BCUT2D eigenvalue weighted by molar-refractivity contribution is -0.144. The van der Waals surface area contributed by atoms with E-state index in [1.807, 2.05) is 66.5 Å². The van der Waals surface area contributed by atoms with Crippen LogP contribution in [0.2, 0.25) is 0 Å². The Morgan fingerprint density at radius 1 is 0.976 bits per heavy atom. The lowest BCUT2D eigenvalue weighted by atomic mass is 9.98. The Bertz CT molecular complexity index is 1340. The molecule has 2 amide bonds. The molecule has 41 heavy (non-hydrogen) atoms. The van der Waals surface area contributed by atoms with Gasteiger partial charge in [-0.2, -0.15) is 0 Å². The minimum absolute atomic E-state index is 0.0468. The fourth-order valence-corrected chi connectivity index (χ4v) is 5.71. The molecule has 0 aromatic heterocycles. The van der Waals surface area contributed by atoms with Crippen LogP contribution in [0.1, 0.15) is 29.0 Å². The van der Waals surface area contributed by atoms with Crippen molar-refractivity contribution < 1.29 is 29.0 Å². The highest BCUT2D eigenvalue weighted by atomic mass is 16.5. The van der Waals surface area contributed by atoms with Gasteiger partial charge in [0.2, 0.25) is 5.91 Å². The summed E-state index contributed by atoms with van der Waals surface area (Å²) in [6.45, 7) is 1.40. The van der Waals surface area contributed by atoms with Gasteiger partial charge in [0.25, 0.3) is 0 Å². The van der Waals surface area contributed by atoms with E-state index in [4.69, 9.17) is 9.47 Å². The van der Waals surface area contributed by atoms with Gasteiger partial charge in [-0.05, 0) is 41.3 Å². The molecular formula is C32H35N3O6. The van der Waals surface area contributed by atoms with E-state index in [0.29, 0.717) is 19.6 Å². The van der Waals surface area contributed by atoms with Gasteiger partial charge in [0.1, 0.15) is 18.8 Å². The van der Waals surface area contributed by atoms with Gasteiger partial charge in [0.05, 0.1) is 0 Å². The maximum atomic E-state index is 13.0. The van der Waals surface area contributed by atoms with Crippen molar-refractivity contribution in [1.82, 2.24) is 15.5 Å². The first-order valence-corrected chi connectivity index (χ1v) is 13.9. The molecule has 5 rings (SSSR count). The molecular weight excluding hydrogens is 522 g/mol. The highest BCUT2D eigenvalue weighted by molar-refractivity contribution is 5.87. The zero-order valence-corrected chi connectivity index (χ0v) is 23.0. The molecule has 9 nitrogen and oxygen atoms in total. The van der Waals surface area contributed by atoms with Crippen LogP contribution < -0.4 is 10.6 Å². The highest BCUT2D eigenvalue weighted by Gasteiger charge is 2.37. The van der Waals surface area contributed by atoms with Crippen LogP contribution in [0.25, 0.3) is 11.1 Å². The Kier molecular flexibility index (Phi) is 8.96. The summed E-state index contributed by atoms with van der Waals surface area (Å²) >= 11 is 0. The topological polar surface area (TPSA) is 117 Å². The number of carbonyl (C=O) groups is 3. The van der Waals surface area contributed by atoms with Crippen LogP contribution in [0.5, 0.6) is 0 Å². The van der Waals surface area contributed by atoms with Crippen LogP contribution in [0.3, 0.4) is 0 Å². The van der Waals surface area contributed by atoms with Crippen LogP contribution in [-0.4, -0.2) is 73.5 Å². The second kappa shape index (κ2) is 13.0. The first kappa shape index (κ1) is 28.3. The molecule has 1 unspecified atom stereocenters. The van der Waals surface area contributed by atoms with Crippen LogP contribution in [0.4, 0.5) is 4.79 Å². The van der Waals surface area contributed by atoms with E-state index in [9.17, 15) is 19.5 Å². The first-order valence-electron chi connectivity index (χ1n) is 13.9. The Balaban J connectivity index is 1.11. The number of hydrogen-bond donors (Lipinski definition) is 3. The number of aliphatic carboxylic acids is 1. The second-order valence-electron chi connectivity index (χ2n) is 10.6. The summed E-state index contributed by atoms with van der Waals surface area (Å²) in [5.74, 6) is -1.96. The summed E-state index contributed by atoms with van der Waals surface area (Å²) in [5, 5.41) is 15.1. The van der Waals surface area contributed by atoms with Crippen molar-refractivity contribution in [2.24, 2.45) is 5.92 Å². The van der Waals surface area contributed by atoms with Crippen molar-refractivity contribution in [3.8, 4) is 11.1 Å². The molecule has 1 fully saturated rings. The van der Waals surface area contributed by atoms with Gasteiger partial charge in [-0.25, -0.2) is 9.59 Å². The van der Waals surface area contributed by atoms with Crippen molar-refractivity contribution in [3.05, 3.63) is 95.6 Å². The molecule has 214 valence electrons. The van der Waals surface area contributed by atoms with Gasteiger partial charge in [-0.1, -0.05) is 78.9 Å². The number of nitrogens with zero attached hydrogens (tertiary/aromatic N) is 1. The van der Waals surface area contributed by atoms with Crippen LogP contribution in [-0.2, 0) is 25.6 Å². The fourth-order valence-electron chi connectivity index (χ4n) is 5.71. The quantitative estimate of drug-likeness (QED) is 0.330. The number of alkyl carbamates (subject to hydrolysis) is 1. The molecule has 9 heteroatoms. The molecule has 2 aliphatic rings. The number of nitrogens with one attached hydrogen (secondary N) is 2. The number of rotatable bonds is 11. The molecule has 0 radical (unpaired) electrons. The number of carboxylic acids is 1. The van der Waals surface area contributed by atoms with Crippen LogP contribution >= 0.6 is 0 Å². The van der Waals surface area contributed by atoms with Gasteiger partial charge < -0.3 is 25.2 Å². The standard InChI is InChI=1S/C32H35N3O6/c1-35(18-21-9-3-2-4-10-21)19-28(31(37)38)34-30(36)29-22(15-16-40-29)17-33-32(39)41-20-27-25-13-7-5-11-23(25)24-12-6-8-14-26(24)27/h2-14,22,27-29H,15-20H2,1H3,(H,33,39)(H,34,36)(H,37,38)/t22-,28?,29-/m0/s1. The molecule has 1 saturated heterocycles. The second-order valence-corrected chi connectivity index (χ2v) is 10.6. The molecule has 1 aliphatic carbocycles. The summed E-state index contributed by atoms with van der Waals surface area (Å²) in [4.78, 5) is 39.4. The Morgan fingerprint density at radius 3 is 2.27 bits per heavy atom. The molecule has 3 aromatic rings. The number of fused-ring (bicyclic) bond motifs is 3. The minimum Gasteiger partial charge on any atom is -0.480 e. The summed E-state index contributed by atoms with van der Waals surface area (Å²) in [5.41, 5.74) is 5.61. The molecule has 1 aliphatic heterocycles. The number of benzene rings is 3. The third-order valence-electron chi connectivity index (χ3n) is 7.73. The van der Waals surface area contributed by atoms with Crippen molar-refractivity contribution in [1.29, 1.82) is 0 Å². The fraction of sp³-hybridized carbons (Fsp3) is 0.344. The molecule has 0 spiro atoms. The van der Waals surface area contributed by atoms with E-state index in [1.165, 1.54) is 0 Å². The molecule has 0 saturated carbocycles. The highest BCUT2D eigenvalue weighted by Crippen LogP contribution is 2.44. The van der Waals surface area contributed by atoms with E-state index in [-0.39, 0.29) is 31.5 Å². The first-order chi connectivity index (χ1) is 19.9. The molecule has 3 atom stereocenters. The number of hydrogen-bond acceptors (Lipinski definition) is 6. The maximum Gasteiger partial charge on any atom is 0.407 e. The number of ether oxygens (including phenoxy) is 2. The number of carboxylic acid groups (broad SMARTS) is 1. The Labute approximate surface area is 239 Å². The smallest absolute Gasteiger partial charge is 0.407 e. The lowest BCUT2D eigenvalue weighted by Crippen LogP contribution is -2.52. The summed E-state index contributed by atoms with van der Waals surface area (Å²) < 4.78 is 11.3. The van der Waals surface area contributed by atoms with Crippen molar-refractivity contribution in [2.45, 2.75) is 31.0 Å². The van der Waals surface area contributed by atoms with E-state index in [1.54, 1.807) is 0 Å². The summed E-state index contributed by atoms with van der Waals surface area (Å²) in [6.07, 6.45) is -0.859. The van der Waals surface area contributed by atoms with E-state index >= 15 is 0 Å². The normalized spacial score (nSPS) is 18.4. The van der Waals surface area contributed by atoms with Crippen LogP contribution in [0.15, 0.2) is 78.9 Å². The predicted octanol–water partition coefficient (Wildman–Crippen LogP) is 3.63. The number of amides is 2. The van der Waals surface area contributed by atoms with Crippen molar-refractivity contribution in [3.63, 3.8) is 0 Å². The van der Waals surface area contributed by atoms with E-state index < -0.39 is 30.1 Å². The van der Waals surface area contributed by atoms with Crippen molar-refractivity contribution in [2.75, 3.05) is 33.4 Å². The zero-order chi connectivity index (χ0) is 28.8. The van der Waals surface area contributed by atoms with Gasteiger partial charge in [-0.15, -0.1) is 0 Å². The average Bonchev–Trinajstić information content (AvgIpc) is 3.58. The van der Waals surface area contributed by atoms with Gasteiger partial charge >= 0.3 is 12.1 Å². The lowest BCUT2D eigenvalue weighted by Gasteiger charge is -2.25. The van der Waals surface area contributed by atoms with E-state index in [2.05, 4.69) is 34.9 Å². The SMILES string of the molecule is CN(Cc1ccccc1)CC(NC(=O)[C@H]1OCC[C@H]1CNC(=O)OCC1c2ccccc2-c2ccccc21)C(=O)O. The molecule has 1 heterocycles.